The molecule has 1 aromatic rings. The molecule has 0 saturated heterocycles. The predicted octanol–water partition coefficient (Wildman–Crippen LogP) is 1.11. The van der Waals surface area contributed by atoms with Gasteiger partial charge in [-0.25, -0.2) is 0 Å². The van der Waals surface area contributed by atoms with E-state index in [-0.39, 0.29) is 5.84 Å². The van der Waals surface area contributed by atoms with E-state index in [4.69, 9.17) is 20.4 Å². The van der Waals surface area contributed by atoms with Gasteiger partial charge in [-0.05, 0) is 18.6 Å². The molecule has 1 rings (SSSR count). The van der Waals surface area contributed by atoms with Crippen LogP contribution in [0.4, 0.5) is 0 Å². The van der Waals surface area contributed by atoms with E-state index in [0.29, 0.717) is 24.5 Å². The number of aryl methyl sites for hydroxylation is 1. The number of hydrogen-bond donors (Lipinski definition) is 2. The van der Waals surface area contributed by atoms with E-state index < -0.39 is 0 Å². The first-order valence-corrected chi connectivity index (χ1v) is 4.89. The van der Waals surface area contributed by atoms with Gasteiger partial charge >= 0.3 is 0 Å². The summed E-state index contributed by atoms with van der Waals surface area (Å²) in [6, 6.07) is 5.36. The lowest BCUT2D eigenvalue weighted by molar-refractivity contribution is 0.146. The molecule has 0 radical (unpaired) electrons. The Bertz CT molecular complexity index is 377. The average molecular weight is 224 g/mol. The molecule has 0 saturated carbocycles. The zero-order valence-corrected chi connectivity index (χ0v) is 9.43. The third-order valence-corrected chi connectivity index (χ3v) is 2.14. The molecule has 0 aliphatic heterocycles. The summed E-state index contributed by atoms with van der Waals surface area (Å²) in [5.74, 6) is 0.776. The second-order valence-electron chi connectivity index (χ2n) is 3.31. The van der Waals surface area contributed by atoms with Crippen LogP contribution in [-0.4, -0.2) is 31.4 Å². The number of methoxy groups -OCH3 is 1. The molecule has 5 nitrogen and oxygen atoms in total. The molecule has 0 fully saturated rings. The summed E-state index contributed by atoms with van der Waals surface area (Å²) in [5.41, 5.74) is 7.10. The molecule has 0 aliphatic rings. The highest BCUT2D eigenvalue weighted by molar-refractivity contribution is 5.97. The van der Waals surface area contributed by atoms with Gasteiger partial charge in [0.1, 0.15) is 12.4 Å². The van der Waals surface area contributed by atoms with Gasteiger partial charge < -0.3 is 20.4 Å². The van der Waals surface area contributed by atoms with Crippen LogP contribution in [0.15, 0.2) is 23.4 Å². The molecule has 0 aromatic heterocycles. The Morgan fingerprint density at radius 1 is 1.44 bits per heavy atom. The maximum Gasteiger partial charge on any atom is 0.170 e. The lowest BCUT2D eigenvalue weighted by atomic mass is 10.1. The second kappa shape index (κ2) is 5.97. The fourth-order valence-corrected chi connectivity index (χ4v) is 1.21. The highest BCUT2D eigenvalue weighted by atomic mass is 16.5. The van der Waals surface area contributed by atoms with Crippen molar-refractivity contribution in [2.24, 2.45) is 10.9 Å². The smallest absolute Gasteiger partial charge is 0.170 e. The van der Waals surface area contributed by atoms with Crippen LogP contribution in [0.5, 0.6) is 5.75 Å². The third kappa shape index (κ3) is 3.13. The monoisotopic (exact) mass is 224 g/mol. The molecule has 0 amide bonds. The fraction of sp³-hybridized carbons (Fsp3) is 0.364. The van der Waals surface area contributed by atoms with Gasteiger partial charge in [-0.15, -0.1) is 0 Å². The van der Waals surface area contributed by atoms with E-state index in [9.17, 15) is 0 Å². The lowest BCUT2D eigenvalue weighted by Crippen LogP contribution is -2.13. The zero-order chi connectivity index (χ0) is 12.0. The Morgan fingerprint density at radius 3 is 2.81 bits per heavy atom. The van der Waals surface area contributed by atoms with Gasteiger partial charge in [-0.1, -0.05) is 17.3 Å². The van der Waals surface area contributed by atoms with E-state index in [1.165, 1.54) is 0 Å². The van der Waals surface area contributed by atoms with E-state index in [1.807, 2.05) is 13.0 Å². The van der Waals surface area contributed by atoms with Crippen molar-refractivity contribution in [3.05, 3.63) is 29.3 Å². The van der Waals surface area contributed by atoms with Crippen molar-refractivity contribution in [3.8, 4) is 5.75 Å². The molecule has 0 unspecified atom stereocenters. The molecular formula is C11H16N2O3. The zero-order valence-electron chi connectivity index (χ0n) is 9.43. The van der Waals surface area contributed by atoms with Crippen molar-refractivity contribution in [3.63, 3.8) is 0 Å². The minimum Gasteiger partial charge on any atom is -0.491 e. The van der Waals surface area contributed by atoms with E-state index in [0.717, 1.165) is 5.56 Å². The SMILES string of the molecule is COCCOc1cc(/C(N)=N/O)ccc1C. The summed E-state index contributed by atoms with van der Waals surface area (Å²) in [4.78, 5) is 0. The van der Waals surface area contributed by atoms with E-state index in [1.54, 1.807) is 19.2 Å². The van der Waals surface area contributed by atoms with Crippen molar-refractivity contribution >= 4 is 5.84 Å². The molecular weight excluding hydrogens is 208 g/mol. The topological polar surface area (TPSA) is 77.1 Å². The van der Waals surface area contributed by atoms with E-state index >= 15 is 0 Å². The number of rotatable bonds is 5. The first-order valence-electron chi connectivity index (χ1n) is 4.89. The maximum absolute atomic E-state index is 8.56. The Labute approximate surface area is 94.5 Å². The number of benzene rings is 1. The summed E-state index contributed by atoms with van der Waals surface area (Å²) in [6.07, 6.45) is 0. The predicted molar refractivity (Wildman–Crippen MR) is 61.1 cm³/mol. The van der Waals surface area contributed by atoms with Crippen LogP contribution in [0.25, 0.3) is 0 Å². The quantitative estimate of drug-likeness (QED) is 0.258. The fourth-order valence-electron chi connectivity index (χ4n) is 1.21. The van der Waals surface area contributed by atoms with Crippen LogP contribution in [-0.2, 0) is 4.74 Å². The molecule has 0 aliphatic carbocycles. The van der Waals surface area contributed by atoms with Gasteiger partial charge in [0.05, 0.1) is 6.61 Å². The van der Waals surface area contributed by atoms with Crippen LogP contribution in [0.3, 0.4) is 0 Å². The van der Waals surface area contributed by atoms with Crippen LogP contribution >= 0.6 is 0 Å². The summed E-state index contributed by atoms with van der Waals surface area (Å²) >= 11 is 0. The van der Waals surface area contributed by atoms with E-state index in [2.05, 4.69) is 5.16 Å². The number of ether oxygens (including phenoxy) is 2. The average Bonchev–Trinajstić information content (AvgIpc) is 2.31. The highest BCUT2D eigenvalue weighted by Crippen LogP contribution is 2.19. The van der Waals surface area contributed by atoms with Crippen molar-refractivity contribution in [1.82, 2.24) is 0 Å². The standard InChI is InChI=1S/C11H16N2O3/c1-8-3-4-9(11(12)13-14)7-10(8)16-6-5-15-2/h3-4,7,14H,5-6H2,1-2H3,(H2,12,13). The summed E-state index contributed by atoms with van der Waals surface area (Å²) < 4.78 is 10.4. The molecule has 0 atom stereocenters. The lowest BCUT2D eigenvalue weighted by Gasteiger charge is -2.10. The summed E-state index contributed by atoms with van der Waals surface area (Å²) in [5, 5.41) is 11.5. The third-order valence-electron chi connectivity index (χ3n) is 2.14. The Hall–Kier alpha value is -1.75. The Kier molecular flexibility index (Phi) is 4.60. The van der Waals surface area contributed by atoms with Crippen LogP contribution < -0.4 is 10.5 Å². The summed E-state index contributed by atoms with van der Waals surface area (Å²) in [7, 11) is 1.61. The van der Waals surface area contributed by atoms with Gasteiger partial charge in [-0.2, -0.15) is 0 Å². The van der Waals surface area contributed by atoms with Crippen LogP contribution in [0.2, 0.25) is 0 Å². The number of nitrogens with zero attached hydrogens (tertiary/aromatic N) is 1. The Morgan fingerprint density at radius 2 is 2.19 bits per heavy atom. The molecule has 88 valence electrons. The first kappa shape index (κ1) is 12.3. The molecule has 0 bridgehead atoms. The highest BCUT2D eigenvalue weighted by Gasteiger charge is 2.04. The molecule has 0 spiro atoms. The summed E-state index contributed by atoms with van der Waals surface area (Å²) in [6.45, 7) is 2.92. The van der Waals surface area contributed by atoms with Gasteiger partial charge in [0.25, 0.3) is 0 Å². The molecule has 5 heteroatoms. The minimum atomic E-state index is 0.0663. The van der Waals surface area contributed by atoms with Gasteiger partial charge in [0.15, 0.2) is 5.84 Å². The number of oxime groups is 1. The van der Waals surface area contributed by atoms with Crippen molar-refractivity contribution in [1.29, 1.82) is 0 Å². The molecule has 3 N–H and O–H groups in total. The second-order valence-corrected chi connectivity index (χ2v) is 3.31. The largest absolute Gasteiger partial charge is 0.491 e. The molecule has 16 heavy (non-hydrogen) atoms. The van der Waals surface area contributed by atoms with Crippen molar-refractivity contribution in [2.75, 3.05) is 20.3 Å². The van der Waals surface area contributed by atoms with Crippen LogP contribution in [0.1, 0.15) is 11.1 Å². The minimum absolute atomic E-state index is 0.0663. The van der Waals surface area contributed by atoms with Gasteiger partial charge in [0, 0.05) is 12.7 Å². The van der Waals surface area contributed by atoms with Crippen LogP contribution in [0, 0.1) is 6.92 Å². The van der Waals surface area contributed by atoms with Crippen molar-refractivity contribution in [2.45, 2.75) is 6.92 Å². The number of nitrogens with two attached hydrogens (primary N) is 1. The molecule has 1 aromatic carbocycles. The first-order chi connectivity index (χ1) is 7.69. The normalized spacial score (nSPS) is 11.5. The van der Waals surface area contributed by atoms with Gasteiger partial charge in [0.2, 0.25) is 0 Å². The molecule has 0 heterocycles. The maximum atomic E-state index is 8.56. The number of hydrogen-bond acceptors (Lipinski definition) is 4. The number of amidine groups is 1. The Balaban J connectivity index is 2.82. The van der Waals surface area contributed by atoms with Gasteiger partial charge in [-0.3, -0.25) is 0 Å². The van der Waals surface area contributed by atoms with Crippen molar-refractivity contribution < 1.29 is 14.7 Å².